The van der Waals surface area contributed by atoms with Crippen LogP contribution in [-0.4, -0.2) is 6.04 Å². The second-order valence-electron chi connectivity index (χ2n) is 3.85. The summed E-state index contributed by atoms with van der Waals surface area (Å²) >= 11 is 3.49. The smallest absolute Gasteiger partial charge is 0.0228 e. The minimum absolute atomic E-state index is 0.183. The summed E-state index contributed by atoms with van der Waals surface area (Å²) in [6.45, 7) is 2.05. The van der Waals surface area contributed by atoms with E-state index in [0.29, 0.717) is 0 Å². The molecule has 0 amide bonds. The topological polar surface area (TPSA) is 26.0 Å². The zero-order chi connectivity index (χ0) is 10.1. The highest BCUT2D eigenvalue weighted by Gasteiger charge is 2.12. The lowest BCUT2D eigenvalue weighted by Gasteiger charge is -2.19. The molecule has 1 unspecified atom stereocenters. The van der Waals surface area contributed by atoms with Gasteiger partial charge in [0, 0.05) is 10.5 Å². The van der Waals surface area contributed by atoms with Gasteiger partial charge in [-0.2, -0.15) is 0 Å². The fraction of sp³-hybridized carbons (Fsp3) is 0.333. The molecule has 0 saturated carbocycles. The summed E-state index contributed by atoms with van der Waals surface area (Å²) in [7, 11) is 0. The van der Waals surface area contributed by atoms with Gasteiger partial charge in [-0.15, -0.1) is 0 Å². The first-order valence-electron chi connectivity index (χ1n) is 4.91. The predicted octanol–water partition coefficient (Wildman–Crippen LogP) is 3.13. The SMILES string of the molecule is CC(N)C1=Cc2cc(Br)ccc2CC1. The molecule has 1 nitrogen and oxygen atoms in total. The summed E-state index contributed by atoms with van der Waals surface area (Å²) in [6, 6.07) is 6.64. The molecule has 1 aliphatic rings. The van der Waals surface area contributed by atoms with Gasteiger partial charge in [0.15, 0.2) is 0 Å². The van der Waals surface area contributed by atoms with E-state index in [-0.39, 0.29) is 6.04 Å². The molecule has 2 heteroatoms. The van der Waals surface area contributed by atoms with Crippen molar-refractivity contribution in [2.75, 3.05) is 0 Å². The van der Waals surface area contributed by atoms with E-state index in [1.54, 1.807) is 0 Å². The maximum absolute atomic E-state index is 5.88. The monoisotopic (exact) mass is 251 g/mol. The van der Waals surface area contributed by atoms with E-state index in [1.165, 1.54) is 16.7 Å². The van der Waals surface area contributed by atoms with Crippen molar-refractivity contribution >= 4 is 22.0 Å². The van der Waals surface area contributed by atoms with Crippen molar-refractivity contribution in [1.29, 1.82) is 0 Å². The number of aryl methyl sites for hydroxylation is 1. The number of hydrogen-bond donors (Lipinski definition) is 1. The van der Waals surface area contributed by atoms with Crippen LogP contribution in [0.4, 0.5) is 0 Å². The van der Waals surface area contributed by atoms with Crippen LogP contribution in [0, 0.1) is 0 Å². The van der Waals surface area contributed by atoms with Crippen molar-refractivity contribution in [3.05, 3.63) is 39.4 Å². The Morgan fingerprint density at radius 2 is 2.14 bits per heavy atom. The van der Waals surface area contributed by atoms with E-state index in [4.69, 9.17) is 5.73 Å². The minimum Gasteiger partial charge on any atom is -0.324 e. The summed E-state index contributed by atoms with van der Waals surface area (Å²) in [4.78, 5) is 0. The molecule has 0 heterocycles. The van der Waals surface area contributed by atoms with E-state index in [1.807, 2.05) is 0 Å². The van der Waals surface area contributed by atoms with Crippen molar-refractivity contribution in [2.24, 2.45) is 5.73 Å². The van der Waals surface area contributed by atoms with Crippen molar-refractivity contribution in [3.8, 4) is 0 Å². The van der Waals surface area contributed by atoms with Crippen LogP contribution in [0.15, 0.2) is 28.2 Å². The standard InChI is InChI=1S/C12H14BrN/c1-8(14)10-3-2-9-4-5-12(13)7-11(9)6-10/h4-8H,2-3,14H2,1H3. The van der Waals surface area contributed by atoms with Crippen molar-refractivity contribution in [2.45, 2.75) is 25.8 Å². The third kappa shape index (κ3) is 1.91. The fourth-order valence-corrected chi connectivity index (χ4v) is 2.22. The molecule has 2 N–H and O–H groups in total. The molecule has 74 valence electrons. The Hall–Kier alpha value is -0.600. The highest BCUT2D eigenvalue weighted by atomic mass is 79.9. The molecule has 1 aromatic rings. The van der Waals surface area contributed by atoms with Gasteiger partial charge in [0.2, 0.25) is 0 Å². The molecule has 2 rings (SSSR count). The zero-order valence-corrected chi connectivity index (χ0v) is 9.84. The summed E-state index contributed by atoms with van der Waals surface area (Å²) in [5, 5.41) is 0. The Bertz CT molecular complexity index is 380. The Labute approximate surface area is 93.1 Å². The number of rotatable bonds is 1. The average Bonchev–Trinajstić information content (AvgIpc) is 2.16. The van der Waals surface area contributed by atoms with E-state index in [0.717, 1.165) is 17.3 Å². The van der Waals surface area contributed by atoms with Gasteiger partial charge in [0.1, 0.15) is 0 Å². The second kappa shape index (κ2) is 3.87. The van der Waals surface area contributed by atoms with Crippen LogP contribution in [0.1, 0.15) is 24.5 Å². The molecule has 14 heavy (non-hydrogen) atoms. The van der Waals surface area contributed by atoms with Crippen LogP contribution in [0.3, 0.4) is 0 Å². The quantitative estimate of drug-likeness (QED) is 0.816. The molecule has 1 aliphatic carbocycles. The first kappa shape index (κ1) is 9.94. The minimum atomic E-state index is 0.183. The van der Waals surface area contributed by atoms with Crippen molar-refractivity contribution < 1.29 is 0 Å². The molecule has 0 aliphatic heterocycles. The molecule has 0 spiro atoms. The first-order chi connectivity index (χ1) is 6.66. The van der Waals surface area contributed by atoms with Gasteiger partial charge < -0.3 is 5.73 Å². The Kier molecular flexibility index (Phi) is 2.75. The molecule has 0 fully saturated rings. The van der Waals surface area contributed by atoms with E-state index < -0.39 is 0 Å². The molecule has 0 bridgehead atoms. The van der Waals surface area contributed by atoms with Crippen LogP contribution >= 0.6 is 15.9 Å². The van der Waals surface area contributed by atoms with Gasteiger partial charge in [-0.05, 0) is 43.0 Å². The lowest BCUT2D eigenvalue weighted by atomic mass is 9.89. The number of halogens is 1. The van der Waals surface area contributed by atoms with Gasteiger partial charge in [-0.3, -0.25) is 0 Å². The maximum Gasteiger partial charge on any atom is 0.0228 e. The molecule has 1 aromatic carbocycles. The van der Waals surface area contributed by atoms with E-state index in [9.17, 15) is 0 Å². The predicted molar refractivity (Wildman–Crippen MR) is 64.1 cm³/mol. The van der Waals surface area contributed by atoms with Crippen molar-refractivity contribution in [3.63, 3.8) is 0 Å². The van der Waals surface area contributed by atoms with Gasteiger partial charge in [-0.1, -0.05) is 33.6 Å². The number of nitrogens with two attached hydrogens (primary N) is 1. The van der Waals surface area contributed by atoms with Gasteiger partial charge in [0.25, 0.3) is 0 Å². The third-order valence-corrected chi connectivity index (χ3v) is 3.21. The number of hydrogen-bond acceptors (Lipinski definition) is 1. The van der Waals surface area contributed by atoms with E-state index >= 15 is 0 Å². The van der Waals surface area contributed by atoms with Crippen LogP contribution in [0.2, 0.25) is 0 Å². The molecule has 0 radical (unpaired) electrons. The third-order valence-electron chi connectivity index (χ3n) is 2.72. The largest absolute Gasteiger partial charge is 0.324 e. The Morgan fingerprint density at radius 1 is 1.36 bits per heavy atom. The highest BCUT2D eigenvalue weighted by Crippen LogP contribution is 2.27. The van der Waals surface area contributed by atoms with Crippen LogP contribution in [-0.2, 0) is 6.42 Å². The summed E-state index contributed by atoms with van der Waals surface area (Å²) in [6.07, 6.45) is 4.45. The highest BCUT2D eigenvalue weighted by molar-refractivity contribution is 9.10. The Morgan fingerprint density at radius 3 is 2.86 bits per heavy atom. The van der Waals surface area contributed by atoms with Gasteiger partial charge >= 0.3 is 0 Å². The molecule has 1 atom stereocenters. The molecular formula is C12H14BrN. The maximum atomic E-state index is 5.88. The summed E-state index contributed by atoms with van der Waals surface area (Å²) in [5.74, 6) is 0. The summed E-state index contributed by atoms with van der Waals surface area (Å²) in [5.41, 5.74) is 9.99. The zero-order valence-electron chi connectivity index (χ0n) is 8.26. The van der Waals surface area contributed by atoms with Gasteiger partial charge in [-0.25, -0.2) is 0 Å². The Balaban J connectivity index is 2.42. The number of fused-ring (bicyclic) bond motifs is 1. The summed E-state index contributed by atoms with van der Waals surface area (Å²) < 4.78 is 1.14. The van der Waals surface area contributed by atoms with Crippen LogP contribution < -0.4 is 5.73 Å². The normalized spacial score (nSPS) is 17.2. The van der Waals surface area contributed by atoms with Gasteiger partial charge in [0.05, 0.1) is 0 Å². The fourth-order valence-electron chi connectivity index (χ4n) is 1.84. The van der Waals surface area contributed by atoms with Crippen LogP contribution in [0.25, 0.3) is 6.08 Å². The van der Waals surface area contributed by atoms with Crippen molar-refractivity contribution in [1.82, 2.24) is 0 Å². The molecular weight excluding hydrogens is 238 g/mol. The van der Waals surface area contributed by atoms with Crippen LogP contribution in [0.5, 0.6) is 0 Å². The lowest BCUT2D eigenvalue weighted by Crippen LogP contribution is -2.20. The number of benzene rings is 1. The first-order valence-corrected chi connectivity index (χ1v) is 5.70. The average molecular weight is 252 g/mol. The lowest BCUT2D eigenvalue weighted by molar-refractivity contribution is 0.777. The molecule has 0 aromatic heterocycles. The second-order valence-corrected chi connectivity index (χ2v) is 4.77. The molecule has 0 saturated heterocycles. The van der Waals surface area contributed by atoms with E-state index in [2.05, 4.69) is 47.1 Å².